The topological polar surface area (TPSA) is 70.4 Å². The van der Waals surface area contributed by atoms with Crippen LogP contribution in [-0.2, 0) is 0 Å². The van der Waals surface area contributed by atoms with Gasteiger partial charge < -0.3 is 14.7 Å². The summed E-state index contributed by atoms with van der Waals surface area (Å²) in [5, 5.41) is 13.2. The average molecular weight is 420 g/mol. The van der Waals surface area contributed by atoms with E-state index in [1.54, 1.807) is 6.20 Å². The number of rotatable bonds is 6. The monoisotopic (exact) mass is 419 g/mol. The first-order valence-electron chi connectivity index (χ1n) is 10.8. The van der Waals surface area contributed by atoms with Crippen molar-refractivity contribution in [2.75, 3.05) is 49.1 Å². The molecule has 0 saturated carbocycles. The summed E-state index contributed by atoms with van der Waals surface area (Å²) in [6, 6.07) is 13.9. The van der Waals surface area contributed by atoms with E-state index >= 15 is 0 Å². The molecule has 1 aromatic carbocycles. The van der Waals surface area contributed by atoms with Gasteiger partial charge in [0.1, 0.15) is 0 Å². The minimum absolute atomic E-state index is 0.0299. The highest BCUT2D eigenvalue weighted by atomic mass is 16.2. The van der Waals surface area contributed by atoms with E-state index in [4.69, 9.17) is 0 Å². The van der Waals surface area contributed by atoms with Crippen molar-refractivity contribution in [3.8, 4) is 5.69 Å². The highest BCUT2D eigenvalue weighted by Gasteiger charge is 2.26. The third kappa shape index (κ3) is 4.23. The molecule has 8 heteroatoms. The number of hydrogen-bond acceptors (Lipinski definition) is 6. The summed E-state index contributed by atoms with van der Waals surface area (Å²) in [4.78, 5) is 19.4. The van der Waals surface area contributed by atoms with Gasteiger partial charge in [-0.2, -0.15) is 5.10 Å². The first kappa shape index (κ1) is 20.8. The molecule has 4 rings (SSSR count). The largest absolute Gasteiger partial charge is 0.356 e. The van der Waals surface area contributed by atoms with Crippen LogP contribution in [0.4, 0.5) is 11.6 Å². The summed E-state index contributed by atoms with van der Waals surface area (Å²) in [7, 11) is 0. The molecule has 0 spiro atoms. The van der Waals surface area contributed by atoms with Crippen molar-refractivity contribution in [3.05, 3.63) is 59.9 Å². The van der Waals surface area contributed by atoms with E-state index in [1.807, 2.05) is 59.0 Å². The van der Waals surface area contributed by atoms with Crippen LogP contribution in [0.3, 0.4) is 0 Å². The lowest BCUT2D eigenvalue weighted by Crippen LogP contribution is -2.49. The lowest BCUT2D eigenvalue weighted by molar-refractivity contribution is 0.0745. The number of amides is 1. The molecule has 2 aromatic heterocycles. The van der Waals surface area contributed by atoms with Crippen molar-refractivity contribution in [2.24, 2.45) is 0 Å². The van der Waals surface area contributed by atoms with E-state index in [0.29, 0.717) is 18.7 Å². The van der Waals surface area contributed by atoms with Crippen LogP contribution in [0.2, 0.25) is 0 Å². The smallest absolute Gasteiger partial charge is 0.257 e. The molecule has 1 aliphatic heterocycles. The molecule has 0 bridgehead atoms. The van der Waals surface area contributed by atoms with Crippen molar-refractivity contribution in [2.45, 2.75) is 20.8 Å². The Morgan fingerprint density at radius 3 is 2.29 bits per heavy atom. The summed E-state index contributed by atoms with van der Waals surface area (Å²) in [6.45, 7) is 10.7. The van der Waals surface area contributed by atoms with Crippen molar-refractivity contribution < 1.29 is 4.79 Å². The first-order valence-corrected chi connectivity index (χ1v) is 10.8. The molecule has 31 heavy (non-hydrogen) atoms. The number of piperazine rings is 1. The van der Waals surface area contributed by atoms with Crippen LogP contribution < -0.4 is 9.80 Å². The van der Waals surface area contributed by atoms with Gasteiger partial charge >= 0.3 is 0 Å². The summed E-state index contributed by atoms with van der Waals surface area (Å²) in [5.74, 6) is 1.78. The van der Waals surface area contributed by atoms with Crippen molar-refractivity contribution in [3.63, 3.8) is 0 Å². The Kier molecular flexibility index (Phi) is 6.16. The maximum absolute atomic E-state index is 13.1. The zero-order valence-electron chi connectivity index (χ0n) is 18.4. The highest BCUT2D eigenvalue weighted by Crippen LogP contribution is 2.19. The van der Waals surface area contributed by atoms with Gasteiger partial charge in [0.05, 0.1) is 23.1 Å². The number of aromatic nitrogens is 4. The van der Waals surface area contributed by atoms with Gasteiger partial charge in [0.25, 0.3) is 5.91 Å². The minimum atomic E-state index is 0.0299. The Morgan fingerprint density at radius 1 is 0.968 bits per heavy atom. The SMILES string of the molecule is CCN(CC)c1ccc(N2CCN(C(=O)c3cnn(-c4ccccc4)c3C)CC2)nn1. The predicted molar refractivity (Wildman–Crippen MR) is 122 cm³/mol. The molecule has 0 radical (unpaired) electrons. The average Bonchev–Trinajstić information content (AvgIpc) is 3.22. The molecule has 0 unspecified atom stereocenters. The summed E-state index contributed by atoms with van der Waals surface area (Å²) >= 11 is 0. The van der Waals surface area contributed by atoms with Gasteiger partial charge in [0.15, 0.2) is 11.6 Å². The van der Waals surface area contributed by atoms with Gasteiger partial charge in [-0.15, -0.1) is 10.2 Å². The Morgan fingerprint density at radius 2 is 1.68 bits per heavy atom. The fourth-order valence-electron chi connectivity index (χ4n) is 3.96. The number of anilines is 2. The number of benzene rings is 1. The van der Waals surface area contributed by atoms with Gasteiger partial charge in [0, 0.05) is 39.3 Å². The second kappa shape index (κ2) is 9.16. The highest BCUT2D eigenvalue weighted by molar-refractivity contribution is 5.95. The molecular formula is C23H29N7O. The molecule has 3 aromatic rings. The maximum Gasteiger partial charge on any atom is 0.257 e. The summed E-state index contributed by atoms with van der Waals surface area (Å²) < 4.78 is 1.82. The number of hydrogen-bond donors (Lipinski definition) is 0. The molecule has 3 heterocycles. The number of carbonyl (C=O) groups is 1. The van der Waals surface area contributed by atoms with Crippen LogP contribution >= 0.6 is 0 Å². The van der Waals surface area contributed by atoms with E-state index in [9.17, 15) is 4.79 Å². The van der Waals surface area contributed by atoms with Gasteiger partial charge in [-0.1, -0.05) is 18.2 Å². The van der Waals surface area contributed by atoms with Gasteiger partial charge in [-0.05, 0) is 45.0 Å². The third-order valence-electron chi connectivity index (χ3n) is 5.86. The Balaban J connectivity index is 1.40. The number of nitrogens with zero attached hydrogens (tertiary/aromatic N) is 7. The van der Waals surface area contributed by atoms with Crippen LogP contribution in [0.15, 0.2) is 48.7 Å². The Bertz CT molecular complexity index is 1000. The maximum atomic E-state index is 13.1. The third-order valence-corrected chi connectivity index (χ3v) is 5.86. The van der Waals surface area contributed by atoms with E-state index in [2.05, 4.69) is 38.9 Å². The number of para-hydroxylation sites is 1. The summed E-state index contributed by atoms with van der Waals surface area (Å²) in [5.41, 5.74) is 2.47. The predicted octanol–water partition coefficient (Wildman–Crippen LogP) is 2.78. The van der Waals surface area contributed by atoms with Gasteiger partial charge in [-0.25, -0.2) is 4.68 Å². The van der Waals surface area contributed by atoms with Gasteiger partial charge in [0.2, 0.25) is 0 Å². The van der Waals surface area contributed by atoms with E-state index in [0.717, 1.165) is 49.2 Å². The molecule has 0 N–H and O–H groups in total. The molecule has 0 aliphatic carbocycles. The van der Waals surface area contributed by atoms with E-state index < -0.39 is 0 Å². The second-order valence-electron chi connectivity index (χ2n) is 7.59. The van der Waals surface area contributed by atoms with Crippen LogP contribution in [0.5, 0.6) is 0 Å². The van der Waals surface area contributed by atoms with E-state index in [1.165, 1.54) is 0 Å². The second-order valence-corrected chi connectivity index (χ2v) is 7.59. The zero-order valence-corrected chi connectivity index (χ0v) is 18.4. The first-order chi connectivity index (χ1) is 15.1. The zero-order chi connectivity index (χ0) is 21.8. The standard InChI is InChI=1S/C23H29N7O/c1-4-27(5-2)21-11-12-22(26-25-21)28-13-15-29(16-14-28)23(31)20-17-24-30(18(20)3)19-9-7-6-8-10-19/h6-12,17H,4-5,13-16H2,1-3H3. The van der Waals surface area contributed by atoms with Crippen LogP contribution in [0.1, 0.15) is 29.9 Å². The molecule has 1 aliphatic rings. The van der Waals surface area contributed by atoms with Crippen LogP contribution in [0.25, 0.3) is 5.69 Å². The Hall–Kier alpha value is -3.42. The lowest BCUT2D eigenvalue weighted by Gasteiger charge is -2.35. The molecule has 8 nitrogen and oxygen atoms in total. The van der Waals surface area contributed by atoms with Crippen molar-refractivity contribution >= 4 is 17.5 Å². The van der Waals surface area contributed by atoms with Crippen LogP contribution in [-0.4, -0.2) is 70.1 Å². The van der Waals surface area contributed by atoms with E-state index in [-0.39, 0.29) is 5.91 Å². The fourth-order valence-corrected chi connectivity index (χ4v) is 3.96. The molecule has 1 amide bonds. The summed E-state index contributed by atoms with van der Waals surface area (Å²) in [6.07, 6.45) is 1.68. The van der Waals surface area contributed by atoms with Crippen molar-refractivity contribution in [1.29, 1.82) is 0 Å². The van der Waals surface area contributed by atoms with Crippen molar-refractivity contribution in [1.82, 2.24) is 24.9 Å². The normalized spacial score (nSPS) is 14.0. The quantitative estimate of drug-likeness (QED) is 0.612. The minimum Gasteiger partial charge on any atom is -0.356 e. The molecular weight excluding hydrogens is 390 g/mol. The molecule has 1 fully saturated rings. The fraction of sp³-hybridized carbons (Fsp3) is 0.391. The lowest BCUT2D eigenvalue weighted by atomic mass is 10.2. The molecule has 162 valence electrons. The van der Waals surface area contributed by atoms with Crippen LogP contribution in [0, 0.1) is 6.92 Å². The Labute approximate surface area is 183 Å². The van der Waals surface area contributed by atoms with Gasteiger partial charge in [-0.3, -0.25) is 4.79 Å². The molecule has 1 saturated heterocycles. The molecule has 0 atom stereocenters. The number of carbonyl (C=O) groups excluding carboxylic acids is 1.